The predicted molar refractivity (Wildman–Crippen MR) is 123 cm³/mol. The number of halogens is 1. The van der Waals surface area contributed by atoms with Gasteiger partial charge in [0.15, 0.2) is 10.3 Å². The maximum atomic E-state index is 12.9. The summed E-state index contributed by atoms with van der Waals surface area (Å²) in [6.07, 6.45) is 0. The van der Waals surface area contributed by atoms with Crippen molar-refractivity contribution >= 4 is 61.9 Å². The van der Waals surface area contributed by atoms with E-state index in [2.05, 4.69) is 20.5 Å². The van der Waals surface area contributed by atoms with Crippen molar-refractivity contribution < 1.29 is 4.79 Å². The van der Waals surface area contributed by atoms with Crippen LogP contribution in [-0.2, 0) is 10.5 Å². The summed E-state index contributed by atoms with van der Waals surface area (Å²) in [6, 6.07) is 13.0. The molecule has 1 atom stereocenters. The fourth-order valence-electron chi connectivity index (χ4n) is 2.92. The van der Waals surface area contributed by atoms with Gasteiger partial charge in [0, 0.05) is 10.8 Å². The molecule has 0 spiro atoms. The number of hydrogen-bond donors (Lipinski definition) is 2. The SMILES string of the molecule is Cc1ccc2nc(NC(=O)C(C)n3c(N)nnc3SCc3ccccc3Cl)sc2c1. The number of benzene rings is 2. The largest absolute Gasteiger partial charge is 0.368 e. The Morgan fingerprint density at radius 1 is 1.30 bits per heavy atom. The average molecular weight is 459 g/mol. The van der Waals surface area contributed by atoms with Crippen LogP contribution in [0.25, 0.3) is 10.2 Å². The smallest absolute Gasteiger partial charge is 0.249 e. The van der Waals surface area contributed by atoms with Gasteiger partial charge in [0.05, 0.1) is 10.2 Å². The number of nitrogens with two attached hydrogens (primary N) is 1. The molecule has 2 aromatic carbocycles. The van der Waals surface area contributed by atoms with Crippen molar-refractivity contribution in [2.45, 2.75) is 30.8 Å². The van der Waals surface area contributed by atoms with Crippen LogP contribution in [0, 0.1) is 6.92 Å². The molecule has 2 aromatic heterocycles. The molecule has 2 heterocycles. The van der Waals surface area contributed by atoms with Gasteiger partial charge in [-0.1, -0.05) is 59.0 Å². The van der Waals surface area contributed by atoms with Gasteiger partial charge in [-0.3, -0.25) is 9.36 Å². The first-order chi connectivity index (χ1) is 14.4. The molecule has 30 heavy (non-hydrogen) atoms. The number of thiazole rings is 1. The molecule has 0 saturated heterocycles. The Morgan fingerprint density at radius 2 is 2.10 bits per heavy atom. The molecule has 0 radical (unpaired) electrons. The molecular formula is C20H19ClN6OS2. The van der Waals surface area contributed by atoms with Crippen molar-refractivity contribution in [3.63, 3.8) is 0 Å². The van der Waals surface area contributed by atoms with Gasteiger partial charge in [-0.2, -0.15) is 0 Å². The van der Waals surface area contributed by atoms with Gasteiger partial charge >= 0.3 is 0 Å². The van der Waals surface area contributed by atoms with Gasteiger partial charge < -0.3 is 11.1 Å². The fourth-order valence-corrected chi connectivity index (χ4v) is 5.20. The highest BCUT2D eigenvalue weighted by molar-refractivity contribution is 7.98. The average Bonchev–Trinajstić information content (AvgIpc) is 3.28. The minimum Gasteiger partial charge on any atom is -0.368 e. The molecule has 0 fully saturated rings. The lowest BCUT2D eigenvalue weighted by Gasteiger charge is -2.15. The lowest BCUT2D eigenvalue weighted by molar-refractivity contribution is -0.118. The van der Waals surface area contributed by atoms with E-state index in [1.807, 2.05) is 49.4 Å². The number of carbonyl (C=O) groups excluding carboxylic acids is 1. The Hall–Kier alpha value is -2.62. The van der Waals surface area contributed by atoms with Crippen molar-refractivity contribution in [2.75, 3.05) is 11.1 Å². The molecule has 4 rings (SSSR count). The van der Waals surface area contributed by atoms with E-state index in [9.17, 15) is 4.79 Å². The van der Waals surface area contributed by atoms with Crippen molar-refractivity contribution in [2.24, 2.45) is 0 Å². The number of aromatic nitrogens is 4. The highest BCUT2D eigenvalue weighted by Gasteiger charge is 2.23. The zero-order valence-corrected chi connectivity index (χ0v) is 18.7. The molecule has 10 heteroatoms. The number of fused-ring (bicyclic) bond motifs is 1. The number of hydrogen-bond acceptors (Lipinski definition) is 7. The monoisotopic (exact) mass is 458 g/mol. The number of nitrogens with one attached hydrogen (secondary N) is 1. The highest BCUT2D eigenvalue weighted by Crippen LogP contribution is 2.30. The molecule has 0 saturated carbocycles. The van der Waals surface area contributed by atoms with E-state index >= 15 is 0 Å². The van der Waals surface area contributed by atoms with Crippen molar-refractivity contribution in [3.05, 3.63) is 58.6 Å². The molecule has 154 valence electrons. The number of thioether (sulfide) groups is 1. The summed E-state index contributed by atoms with van der Waals surface area (Å²) in [5.74, 6) is 0.528. The predicted octanol–water partition coefficient (Wildman–Crippen LogP) is 4.92. The number of carbonyl (C=O) groups is 1. The van der Waals surface area contributed by atoms with Gasteiger partial charge in [0.25, 0.3) is 0 Å². The fraction of sp³-hybridized carbons (Fsp3) is 0.200. The Labute approximate surface area is 186 Å². The molecule has 0 aliphatic heterocycles. The Kier molecular flexibility index (Phi) is 5.94. The van der Waals surface area contributed by atoms with E-state index in [0.717, 1.165) is 21.3 Å². The summed E-state index contributed by atoms with van der Waals surface area (Å²) in [5, 5.41) is 12.7. The molecule has 3 N–H and O–H groups in total. The lowest BCUT2D eigenvalue weighted by atomic mass is 10.2. The Bertz CT molecular complexity index is 1220. The molecule has 1 unspecified atom stereocenters. The maximum absolute atomic E-state index is 12.9. The molecule has 0 bridgehead atoms. The summed E-state index contributed by atoms with van der Waals surface area (Å²) in [6.45, 7) is 3.78. The second kappa shape index (κ2) is 8.63. The van der Waals surface area contributed by atoms with Crippen molar-refractivity contribution in [3.8, 4) is 0 Å². The molecule has 1 amide bonds. The number of rotatable bonds is 6. The van der Waals surface area contributed by atoms with Crippen molar-refractivity contribution in [1.29, 1.82) is 0 Å². The van der Waals surface area contributed by atoms with Crippen molar-refractivity contribution in [1.82, 2.24) is 19.7 Å². The number of aryl methyl sites for hydroxylation is 1. The van der Waals surface area contributed by atoms with Crippen LogP contribution in [0.4, 0.5) is 11.1 Å². The van der Waals surface area contributed by atoms with E-state index in [1.54, 1.807) is 11.5 Å². The van der Waals surface area contributed by atoms with Crippen LogP contribution in [0.3, 0.4) is 0 Å². The second-order valence-corrected chi connectivity index (χ2v) is 9.13. The maximum Gasteiger partial charge on any atom is 0.249 e. The van der Waals surface area contributed by atoms with E-state index < -0.39 is 6.04 Å². The van der Waals surface area contributed by atoms with E-state index in [0.29, 0.717) is 21.1 Å². The van der Waals surface area contributed by atoms with Gasteiger partial charge in [-0.15, -0.1) is 10.2 Å². The van der Waals surface area contributed by atoms with Gasteiger partial charge in [-0.05, 0) is 43.2 Å². The van der Waals surface area contributed by atoms with Crippen LogP contribution < -0.4 is 11.1 Å². The minimum atomic E-state index is -0.609. The van der Waals surface area contributed by atoms with Crippen LogP contribution in [-0.4, -0.2) is 25.7 Å². The second-order valence-electron chi connectivity index (χ2n) is 6.75. The van der Waals surface area contributed by atoms with Gasteiger partial charge in [0.2, 0.25) is 11.9 Å². The number of anilines is 2. The summed E-state index contributed by atoms with van der Waals surface area (Å²) < 4.78 is 2.65. The van der Waals surface area contributed by atoms with E-state index in [-0.39, 0.29) is 11.9 Å². The standard InChI is InChI=1S/C20H19ClN6OS2/c1-11-7-8-15-16(9-11)30-19(23-15)24-17(28)12(2)27-18(22)25-26-20(27)29-10-13-5-3-4-6-14(13)21/h3-9,12H,10H2,1-2H3,(H2,22,25)(H,23,24,28). The number of nitrogens with zero attached hydrogens (tertiary/aromatic N) is 4. The molecular weight excluding hydrogens is 440 g/mol. The third-order valence-electron chi connectivity index (χ3n) is 4.55. The Morgan fingerprint density at radius 3 is 2.90 bits per heavy atom. The molecule has 0 aliphatic carbocycles. The summed E-state index contributed by atoms with van der Waals surface area (Å²) >= 11 is 9.09. The third-order valence-corrected chi connectivity index (χ3v) is 6.84. The number of amides is 1. The quantitative estimate of drug-likeness (QED) is 0.398. The van der Waals surface area contributed by atoms with Crippen LogP contribution in [0.15, 0.2) is 47.6 Å². The lowest BCUT2D eigenvalue weighted by Crippen LogP contribution is -2.25. The third kappa shape index (κ3) is 4.28. The molecule has 0 aliphatic rings. The van der Waals surface area contributed by atoms with Crippen LogP contribution in [0.5, 0.6) is 0 Å². The first-order valence-electron chi connectivity index (χ1n) is 9.17. The highest BCUT2D eigenvalue weighted by atomic mass is 35.5. The van der Waals surface area contributed by atoms with Crippen LogP contribution in [0.2, 0.25) is 5.02 Å². The van der Waals surface area contributed by atoms with E-state index in [4.69, 9.17) is 17.3 Å². The van der Waals surface area contributed by atoms with Crippen LogP contribution >= 0.6 is 34.7 Å². The molecule has 4 aromatic rings. The topological polar surface area (TPSA) is 98.7 Å². The zero-order chi connectivity index (χ0) is 21.3. The Balaban J connectivity index is 1.50. The normalized spacial score (nSPS) is 12.2. The van der Waals surface area contributed by atoms with E-state index in [1.165, 1.54) is 23.1 Å². The first-order valence-corrected chi connectivity index (χ1v) is 11.3. The van der Waals surface area contributed by atoms with Gasteiger partial charge in [0.1, 0.15) is 6.04 Å². The summed E-state index contributed by atoms with van der Waals surface area (Å²) in [5.41, 5.74) is 8.98. The van der Waals surface area contributed by atoms with Crippen LogP contribution in [0.1, 0.15) is 24.1 Å². The molecule has 7 nitrogen and oxygen atoms in total. The number of nitrogen functional groups attached to an aromatic ring is 1. The summed E-state index contributed by atoms with van der Waals surface area (Å²) in [4.78, 5) is 17.4. The zero-order valence-electron chi connectivity index (χ0n) is 16.3. The van der Waals surface area contributed by atoms with Gasteiger partial charge in [-0.25, -0.2) is 4.98 Å². The first kappa shape index (κ1) is 20.6. The minimum absolute atomic E-state index is 0.180. The summed E-state index contributed by atoms with van der Waals surface area (Å²) in [7, 11) is 0.